The molecule has 0 aromatic rings. The lowest BCUT2D eigenvalue weighted by molar-refractivity contribution is -0.150. The van der Waals surface area contributed by atoms with Crippen molar-refractivity contribution in [1.82, 2.24) is 0 Å². The Balaban J connectivity index is 1.80. The van der Waals surface area contributed by atoms with Crippen molar-refractivity contribution in [2.75, 3.05) is 19.8 Å². The summed E-state index contributed by atoms with van der Waals surface area (Å²) in [7, 11) is 0. The zero-order chi connectivity index (χ0) is 16.7. The Morgan fingerprint density at radius 3 is 2.83 bits per heavy atom. The molecule has 126 valence electrons. The molecule has 0 amide bonds. The minimum atomic E-state index is -0.323. The molecular formula is C18H24O4S. The summed E-state index contributed by atoms with van der Waals surface area (Å²) < 4.78 is 10.5. The Kier molecular flexibility index (Phi) is 7.15. The zero-order valence-corrected chi connectivity index (χ0v) is 14.4. The monoisotopic (exact) mass is 336 g/mol. The zero-order valence-electron chi connectivity index (χ0n) is 13.6. The molecule has 0 heterocycles. The van der Waals surface area contributed by atoms with Crippen molar-refractivity contribution in [3.63, 3.8) is 0 Å². The number of allylic oxidation sites excluding steroid dienone is 2. The lowest BCUT2D eigenvalue weighted by atomic mass is 10.00. The molecule has 0 spiro atoms. The number of aliphatic hydroxyl groups is 1. The molecule has 0 saturated carbocycles. The summed E-state index contributed by atoms with van der Waals surface area (Å²) in [5, 5.41) is 9.48. The summed E-state index contributed by atoms with van der Waals surface area (Å²) >= 11 is 1.81. The van der Waals surface area contributed by atoms with E-state index in [2.05, 4.69) is 31.2 Å². The molecular weight excluding hydrogens is 312 g/mol. The summed E-state index contributed by atoms with van der Waals surface area (Å²) in [6.07, 6.45) is 13.3. The van der Waals surface area contributed by atoms with Gasteiger partial charge in [-0.15, -0.1) is 11.8 Å². The second kappa shape index (κ2) is 9.11. The maximum Gasteiger partial charge on any atom is 0.332 e. The maximum absolute atomic E-state index is 11.3. The second-order valence-electron chi connectivity index (χ2n) is 5.56. The van der Waals surface area contributed by atoms with Gasteiger partial charge in [0.1, 0.15) is 6.61 Å². The normalized spacial score (nSPS) is 26.7. The highest BCUT2D eigenvalue weighted by atomic mass is 32.2. The molecule has 0 radical (unpaired) electrons. The van der Waals surface area contributed by atoms with E-state index < -0.39 is 0 Å². The number of carbonyl (C=O) groups excluding carboxylic acids is 1. The van der Waals surface area contributed by atoms with E-state index in [0.717, 1.165) is 12.0 Å². The molecule has 2 rings (SSSR count). The minimum Gasteiger partial charge on any atom is -0.464 e. The molecule has 0 bridgehead atoms. The van der Waals surface area contributed by atoms with Crippen LogP contribution in [0, 0.1) is 5.92 Å². The Bertz CT molecular complexity index is 533. The molecule has 1 N–H and O–H groups in total. The average molecular weight is 336 g/mol. The highest BCUT2D eigenvalue weighted by Crippen LogP contribution is 2.33. The first-order chi connectivity index (χ1) is 11.1. The van der Waals surface area contributed by atoms with E-state index in [0.29, 0.717) is 11.9 Å². The smallest absolute Gasteiger partial charge is 0.332 e. The van der Waals surface area contributed by atoms with Gasteiger partial charge in [0, 0.05) is 16.1 Å². The van der Waals surface area contributed by atoms with Crippen LogP contribution in [0.2, 0.25) is 0 Å². The van der Waals surface area contributed by atoms with Gasteiger partial charge in [-0.3, -0.25) is 0 Å². The number of aliphatic hydroxyl groups excluding tert-OH is 1. The van der Waals surface area contributed by atoms with Crippen LogP contribution in [0.5, 0.6) is 0 Å². The number of hydrogen-bond acceptors (Lipinski definition) is 5. The fraction of sp³-hybridized carbons (Fsp3) is 0.500. The average Bonchev–Trinajstić information content (AvgIpc) is 2.55. The van der Waals surface area contributed by atoms with Crippen LogP contribution in [0.4, 0.5) is 0 Å². The fourth-order valence-electron chi connectivity index (χ4n) is 2.45. The highest BCUT2D eigenvalue weighted by Gasteiger charge is 2.20. The van der Waals surface area contributed by atoms with Gasteiger partial charge in [0.15, 0.2) is 0 Å². The van der Waals surface area contributed by atoms with Gasteiger partial charge in [-0.1, -0.05) is 43.4 Å². The van der Waals surface area contributed by atoms with E-state index in [4.69, 9.17) is 14.6 Å². The van der Waals surface area contributed by atoms with Crippen LogP contribution in [0.15, 0.2) is 46.9 Å². The van der Waals surface area contributed by atoms with Crippen LogP contribution < -0.4 is 0 Å². The highest BCUT2D eigenvalue weighted by molar-refractivity contribution is 8.04. The summed E-state index contributed by atoms with van der Waals surface area (Å²) in [5.74, 6) is -0.107. The molecule has 5 heteroatoms. The Morgan fingerprint density at radius 2 is 2.22 bits per heavy atom. The first kappa shape index (κ1) is 18.0. The van der Waals surface area contributed by atoms with Crippen LogP contribution in [0.3, 0.4) is 0 Å². The molecule has 0 aliphatic heterocycles. The predicted molar refractivity (Wildman–Crippen MR) is 93.1 cm³/mol. The van der Waals surface area contributed by atoms with Crippen molar-refractivity contribution < 1.29 is 19.4 Å². The van der Waals surface area contributed by atoms with Gasteiger partial charge < -0.3 is 14.6 Å². The van der Waals surface area contributed by atoms with Crippen molar-refractivity contribution in [2.24, 2.45) is 5.92 Å². The number of hydrogen-bond donors (Lipinski definition) is 1. The van der Waals surface area contributed by atoms with Gasteiger partial charge in [-0.05, 0) is 18.9 Å². The Labute approximate surface area is 141 Å². The number of carbonyl (C=O) groups is 1. The van der Waals surface area contributed by atoms with Crippen molar-refractivity contribution in [2.45, 2.75) is 31.6 Å². The Morgan fingerprint density at radius 1 is 1.39 bits per heavy atom. The van der Waals surface area contributed by atoms with Crippen molar-refractivity contribution in [1.29, 1.82) is 0 Å². The van der Waals surface area contributed by atoms with Gasteiger partial charge in [-0.25, -0.2) is 4.79 Å². The molecule has 4 nitrogen and oxygen atoms in total. The maximum atomic E-state index is 11.3. The largest absolute Gasteiger partial charge is 0.464 e. The lowest BCUT2D eigenvalue weighted by Crippen LogP contribution is -2.25. The molecule has 23 heavy (non-hydrogen) atoms. The van der Waals surface area contributed by atoms with Gasteiger partial charge in [0.2, 0.25) is 0 Å². The molecule has 0 fully saturated rings. The van der Waals surface area contributed by atoms with E-state index in [9.17, 15) is 4.79 Å². The number of ether oxygens (including phenoxy) is 2. The van der Waals surface area contributed by atoms with Crippen molar-refractivity contribution in [3.8, 4) is 0 Å². The van der Waals surface area contributed by atoms with Crippen LogP contribution in [0.1, 0.15) is 20.3 Å². The third-order valence-corrected chi connectivity index (χ3v) is 4.90. The number of esters is 1. The summed E-state index contributed by atoms with van der Waals surface area (Å²) in [4.78, 5) is 12.6. The first-order valence-corrected chi connectivity index (χ1v) is 8.82. The van der Waals surface area contributed by atoms with Gasteiger partial charge in [0.25, 0.3) is 0 Å². The summed E-state index contributed by atoms with van der Waals surface area (Å²) in [6.45, 7) is 4.34. The molecule has 0 aromatic heterocycles. The van der Waals surface area contributed by atoms with Gasteiger partial charge >= 0.3 is 5.97 Å². The minimum absolute atomic E-state index is 0.0103. The quantitative estimate of drug-likeness (QED) is 0.724. The fourth-order valence-corrected chi connectivity index (χ4v) is 3.60. The van der Waals surface area contributed by atoms with Crippen molar-refractivity contribution in [3.05, 3.63) is 46.9 Å². The number of thioether (sulfide) groups is 1. The molecule has 0 aromatic carbocycles. The van der Waals surface area contributed by atoms with Crippen LogP contribution in [0.25, 0.3) is 0 Å². The molecule has 0 saturated heterocycles. The van der Waals surface area contributed by atoms with E-state index in [1.165, 1.54) is 4.91 Å². The van der Waals surface area contributed by atoms with Crippen LogP contribution >= 0.6 is 11.8 Å². The third-order valence-electron chi connectivity index (χ3n) is 3.70. The van der Waals surface area contributed by atoms with E-state index in [1.54, 1.807) is 18.7 Å². The van der Waals surface area contributed by atoms with Crippen LogP contribution in [-0.2, 0) is 14.3 Å². The van der Waals surface area contributed by atoms with E-state index in [1.807, 2.05) is 12.2 Å². The van der Waals surface area contributed by atoms with Gasteiger partial charge in [-0.2, -0.15) is 0 Å². The second-order valence-corrected chi connectivity index (χ2v) is 6.87. The predicted octanol–water partition coefficient (Wildman–Crippen LogP) is 3.00. The molecule has 2 aliphatic rings. The molecule has 3 atom stereocenters. The third kappa shape index (κ3) is 5.68. The van der Waals surface area contributed by atoms with E-state index in [-0.39, 0.29) is 31.2 Å². The number of rotatable bonds is 7. The lowest BCUT2D eigenvalue weighted by Gasteiger charge is -2.24. The van der Waals surface area contributed by atoms with Crippen molar-refractivity contribution >= 4 is 17.7 Å². The standard InChI is InChI=1S/C18H24O4S/c1-3-21-18(20)12-22-17-9-8-16(10-13(17)2)23-15-6-4-14(11-19)5-7-15/h4-6,8-10,13,15,17,19H,3,7,11-12H2,1-2H3. The Hall–Kier alpha value is -1.30. The summed E-state index contributed by atoms with van der Waals surface area (Å²) in [6, 6.07) is 0. The SMILES string of the molecule is CCOC(=O)COC1C=CC(SC2C=CC(CO)=CC2)=CC1C. The van der Waals surface area contributed by atoms with E-state index >= 15 is 0 Å². The topological polar surface area (TPSA) is 55.8 Å². The van der Waals surface area contributed by atoms with Gasteiger partial charge in [0.05, 0.1) is 19.3 Å². The molecule has 3 unspecified atom stereocenters. The first-order valence-electron chi connectivity index (χ1n) is 7.94. The molecule has 2 aliphatic carbocycles. The summed E-state index contributed by atoms with van der Waals surface area (Å²) in [5.41, 5.74) is 0.982. The van der Waals surface area contributed by atoms with Crippen LogP contribution in [-0.4, -0.2) is 42.3 Å².